The van der Waals surface area contributed by atoms with Gasteiger partial charge in [-0.3, -0.25) is 4.79 Å². The summed E-state index contributed by atoms with van der Waals surface area (Å²) in [4.78, 5) is 12.4. The van der Waals surface area contributed by atoms with E-state index < -0.39 is 0 Å². The summed E-state index contributed by atoms with van der Waals surface area (Å²) in [5.74, 6) is 1.81. The molecule has 0 aliphatic carbocycles. The maximum atomic E-state index is 12.4. The van der Waals surface area contributed by atoms with Crippen molar-refractivity contribution < 1.29 is 14.3 Å². The maximum absolute atomic E-state index is 12.4. The molecule has 0 aromatic heterocycles. The zero-order valence-electron chi connectivity index (χ0n) is 15.5. The summed E-state index contributed by atoms with van der Waals surface area (Å²) in [6, 6.07) is 13.8. The molecule has 0 fully saturated rings. The number of hydrogen-bond acceptors (Lipinski definition) is 3. The first-order valence-corrected chi connectivity index (χ1v) is 8.68. The highest BCUT2D eigenvalue weighted by Crippen LogP contribution is 2.29. The van der Waals surface area contributed by atoms with Crippen molar-refractivity contribution in [3.8, 4) is 11.5 Å². The number of methoxy groups -OCH3 is 2. The molecule has 1 atom stereocenters. The quantitative estimate of drug-likeness (QED) is 0.751. The second kappa shape index (κ2) is 9.11. The van der Waals surface area contributed by atoms with E-state index in [1.54, 1.807) is 14.2 Å². The van der Waals surface area contributed by atoms with Crippen LogP contribution in [0.15, 0.2) is 42.5 Å². The van der Waals surface area contributed by atoms with Gasteiger partial charge in [-0.1, -0.05) is 38.1 Å². The maximum Gasteiger partial charge on any atom is 0.224 e. The lowest BCUT2D eigenvalue weighted by Crippen LogP contribution is -2.14. The van der Waals surface area contributed by atoms with E-state index in [0.29, 0.717) is 30.3 Å². The Morgan fingerprint density at radius 1 is 1.08 bits per heavy atom. The van der Waals surface area contributed by atoms with Crippen molar-refractivity contribution in [1.29, 1.82) is 0 Å². The summed E-state index contributed by atoms with van der Waals surface area (Å²) in [5, 5.41) is 3.05. The lowest BCUT2D eigenvalue weighted by Gasteiger charge is -2.15. The number of benzene rings is 2. The summed E-state index contributed by atoms with van der Waals surface area (Å²) in [7, 11) is 3.22. The van der Waals surface area contributed by atoms with Crippen LogP contribution in [0.1, 0.15) is 43.7 Å². The van der Waals surface area contributed by atoms with E-state index in [1.165, 1.54) is 5.56 Å². The topological polar surface area (TPSA) is 47.6 Å². The van der Waals surface area contributed by atoms with Gasteiger partial charge in [-0.25, -0.2) is 0 Å². The number of hydrogen-bond donors (Lipinski definition) is 1. The zero-order chi connectivity index (χ0) is 18.2. The SMILES string of the molecule is CCC(C)c1ccccc1NC(=O)CCc1ccc(OC)c(OC)c1. The number of para-hydroxylation sites is 1. The average Bonchev–Trinajstić information content (AvgIpc) is 2.65. The molecule has 0 aliphatic rings. The fraction of sp³-hybridized carbons (Fsp3) is 0.381. The Bertz CT molecular complexity index is 712. The van der Waals surface area contributed by atoms with Crippen molar-refractivity contribution in [1.82, 2.24) is 0 Å². The van der Waals surface area contributed by atoms with Gasteiger partial charge in [-0.2, -0.15) is 0 Å². The third-order valence-corrected chi connectivity index (χ3v) is 4.47. The van der Waals surface area contributed by atoms with E-state index in [1.807, 2.05) is 36.4 Å². The van der Waals surface area contributed by atoms with Crippen LogP contribution >= 0.6 is 0 Å². The smallest absolute Gasteiger partial charge is 0.224 e. The Morgan fingerprint density at radius 2 is 1.80 bits per heavy atom. The molecule has 0 heterocycles. The van der Waals surface area contributed by atoms with Crippen LogP contribution in [-0.2, 0) is 11.2 Å². The molecule has 0 aliphatic heterocycles. The number of rotatable bonds is 8. The summed E-state index contributed by atoms with van der Waals surface area (Å²) in [6.07, 6.45) is 2.11. The van der Waals surface area contributed by atoms with Crippen molar-refractivity contribution in [3.05, 3.63) is 53.6 Å². The first-order valence-electron chi connectivity index (χ1n) is 8.68. The largest absolute Gasteiger partial charge is 0.493 e. The van der Waals surface area contributed by atoms with Crippen molar-refractivity contribution in [2.45, 2.75) is 39.0 Å². The Labute approximate surface area is 150 Å². The molecule has 0 spiro atoms. The van der Waals surface area contributed by atoms with Crippen LogP contribution in [-0.4, -0.2) is 20.1 Å². The molecule has 0 radical (unpaired) electrons. The lowest BCUT2D eigenvalue weighted by atomic mass is 9.97. The second-order valence-electron chi connectivity index (χ2n) is 6.13. The van der Waals surface area contributed by atoms with Crippen LogP contribution in [0.3, 0.4) is 0 Å². The molecule has 25 heavy (non-hydrogen) atoms. The molecule has 134 valence electrons. The van der Waals surface area contributed by atoms with Crippen LogP contribution in [0.4, 0.5) is 5.69 Å². The number of amides is 1. The molecule has 4 nitrogen and oxygen atoms in total. The fourth-order valence-corrected chi connectivity index (χ4v) is 2.77. The predicted molar refractivity (Wildman–Crippen MR) is 102 cm³/mol. The van der Waals surface area contributed by atoms with Gasteiger partial charge in [-0.15, -0.1) is 0 Å². The standard InChI is InChI=1S/C21H27NO3/c1-5-15(2)17-8-6-7-9-18(17)22-21(23)13-11-16-10-12-19(24-3)20(14-16)25-4/h6-10,12,14-15H,5,11,13H2,1-4H3,(H,22,23). The molecule has 0 saturated carbocycles. The van der Waals surface area contributed by atoms with E-state index in [2.05, 4.69) is 25.2 Å². The number of carbonyl (C=O) groups excluding carboxylic acids is 1. The number of anilines is 1. The highest BCUT2D eigenvalue weighted by atomic mass is 16.5. The van der Waals surface area contributed by atoms with Crippen LogP contribution < -0.4 is 14.8 Å². The molecule has 0 bridgehead atoms. The first kappa shape index (κ1) is 18.8. The van der Waals surface area contributed by atoms with E-state index in [4.69, 9.17) is 9.47 Å². The van der Waals surface area contributed by atoms with Gasteiger partial charge in [0.05, 0.1) is 14.2 Å². The predicted octanol–water partition coefficient (Wildman–Crippen LogP) is 4.79. The van der Waals surface area contributed by atoms with E-state index in [-0.39, 0.29) is 5.91 Å². The Kier molecular flexibility index (Phi) is 6.87. The zero-order valence-corrected chi connectivity index (χ0v) is 15.5. The fourth-order valence-electron chi connectivity index (χ4n) is 2.77. The van der Waals surface area contributed by atoms with Crippen molar-refractivity contribution in [2.24, 2.45) is 0 Å². The van der Waals surface area contributed by atoms with Crippen LogP contribution in [0.5, 0.6) is 11.5 Å². The van der Waals surface area contributed by atoms with Gasteiger partial charge in [0.25, 0.3) is 0 Å². The summed E-state index contributed by atoms with van der Waals surface area (Å²) >= 11 is 0. The van der Waals surface area contributed by atoms with Gasteiger partial charge in [0.15, 0.2) is 11.5 Å². The van der Waals surface area contributed by atoms with Crippen molar-refractivity contribution >= 4 is 11.6 Å². The average molecular weight is 341 g/mol. The van der Waals surface area contributed by atoms with Crippen molar-refractivity contribution in [2.75, 3.05) is 19.5 Å². The number of aryl methyl sites for hydroxylation is 1. The number of nitrogens with one attached hydrogen (secondary N) is 1. The molecule has 2 rings (SSSR count). The van der Waals surface area contributed by atoms with Gasteiger partial charge >= 0.3 is 0 Å². The summed E-state index contributed by atoms with van der Waals surface area (Å²) in [5.41, 5.74) is 3.14. The molecule has 1 amide bonds. The molecule has 1 unspecified atom stereocenters. The van der Waals surface area contributed by atoms with Crippen molar-refractivity contribution in [3.63, 3.8) is 0 Å². The minimum atomic E-state index is 0.0190. The van der Waals surface area contributed by atoms with Crippen LogP contribution in [0, 0.1) is 0 Å². The van der Waals surface area contributed by atoms with Gasteiger partial charge < -0.3 is 14.8 Å². The van der Waals surface area contributed by atoms with Gasteiger partial charge in [0, 0.05) is 12.1 Å². The summed E-state index contributed by atoms with van der Waals surface area (Å²) in [6.45, 7) is 4.33. The first-order chi connectivity index (χ1) is 12.1. The molecular weight excluding hydrogens is 314 g/mol. The molecule has 0 saturated heterocycles. The second-order valence-corrected chi connectivity index (χ2v) is 6.13. The minimum absolute atomic E-state index is 0.0190. The normalized spacial score (nSPS) is 11.7. The Morgan fingerprint density at radius 3 is 2.48 bits per heavy atom. The highest BCUT2D eigenvalue weighted by Gasteiger charge is 2.11. The number of carbonyl (C=O) groups is 1. The van der Waals surface area contributed by atoms with Gasteiger partial charge in [0.1, 0.15) is 0 Å². The summed E-state index contributed by atoms with van der Waals surface area (Å²) < 4.78 is 10.5. The van der Waals surface area contributed by atoms with Crippen LogP contribution in [0.25, 0.3) is 0 Å². The molecule has 2 aromatic carbocycles. The highest BCUT2D eigenvalue weighted by molar-refractivity contribution is 5.91. The van der Waals surface area contributed by atoms with Crippen LogP contribution in [0.2, 0.25) is 0 Å². The number of ether oxygens (including phenoxy) is 2. The van der Waals surface area contributed by atoms with Gasteiger partial charge in [-0.05, 0) is 48.1 Å². The van der Waals surface area contributed by atoms with Gasteiger partial charge in [0.2, 0.25) is 5.91 Å². The van der Waals surface area contributed by atoms with E-state index >= 15 is 0 Å². The minimum Gasteiger partial charge on any atom is -0.493 e. The molecule has 1 N–H and O–H groups in total. The third kappa shape index (κ3) is 4.99. The Balaban J connectivity index is 2.00. The molecule has 2 aromatic rings. The monoisotopic (exact) mass is 341 g/mol. The molecular formula is C21H27NO3. The lowest BCUT2D eigenvalue weighted by molar-refractivity contribution is -0.116. The third-order valence-electron chi connectivity index (χ3n) is 4.47. The van der Waals surface area contributed by atoms with E-state index in [9.17, 15) is 4.79 Å². The molecule has 4 heteroatoms. The van der Waals surface area contributed by atoms with E-state index in [0.717, 1.165) is 17.7 Å². The Hall–Kier alpha value is -2.49.